The molecule has 0 saturated carbocycles. The van der Waals surface area contributed by atoms with Crippen molar-refractivity contribution < 1.29 is 49.3 Å². The molecule has 12 nitrogen and oxygen atoms in total. The number of phenolic OH excluding ortho intramolecular Hbond substituents is 2. The van der Waals surface area contributed by atoms with Gasteiger partial charge in [-0.25, -0.2) is 0 Å². The van der Waals surface area contributed by atoms with E-state index in [0.717, 1.165) is 5.57 Å². The lowest BCUT2D eigenvalue weighted by molar-refractivity contribution is -0.145. The molecule has 5 N–H and O–H groups in total. The monoisotopic (exact) mass is 702 g/mol. The molecule has 0 fully saturated rings. The fourth-order valence-electron chi connectivity index (χ4n) is 7.63. The molecule has 0 spiro atoms. The molecule has 6 rings (SSSR count). The third-order valence-corrected chi connectivity index (χ3v) is 9.69. The normalized spacial score (nSPS) is 12.8. The second-order valence-electron chi connectivity index (χ2n) is 12.9. The minimum atomic E-state index is -0.516. The topological polar surface area (TPSA) is 189 Å². The molecule has 5 aromatic rings. The summed E-state index contributed by atoms with van der Waals surface area (Å²) in [5.74, 6) is -0.712. The van der Waals surface area contributed by atoms with Crippen molar-refractivity contribution in [3.05, 3.63) is 66.0 Å². The number of phenols is 2. The number of methoxy groups -OCH3 is 1. The highest BCUT2D eigenvalue weighted by atomic mass is 16.6. The van der Waals surface area contributed by atoms with E-state index in [4.69, 9.17) is 24.1 Å². The highest BCUT2D eigenvalue weighted by Crippen LogP contribution is 2.53. The van der Waals surface area contributed by atoms with Gasteiger partial charge in [-0.2, -0.15) is 0 Å². The molecule has 51 heavy (non-hydrogen) atoms. The van der Waals surface area contributed by atoms with Gasteiger partial charge >= 0.3 is 5.97 Å². The number of carbonyl (C=O) groups excluding carboxylic acids is 1. The Balaban J connectivity index is 1.40. The van der Waals surface area contributed by atoms with Crippen molar-refractivity contribution in [1.29, 1.82) is 0 Å². The molecule has 0 aliphatic heterocycles. The Bertz CT molecular complexity index is 2260. The zero-order valence-electron chi connectivity index (χ0n) is 28.7. The maximum Gasteiger partial charge on any atom is 0.305 e. The van der Waals surface area contributed by atoms with Crippen LogP contribution in [0.4, 0.5) is 0 Å². The van der Waals surface area contributed by atoms with Crippen LogP contribution in [-0.2, 0) is 45.1 Å². The molecule has 270 valence electrons. The number of unbranched alkanes of at least 4 members (excludes halogenated alkanes) is 2. The molecule has 0 saturated heterocycles. The number of benzene rings is 5. The number of ether oxygens (including phenoxy) is 4. The van der Waals surface area contributed by atoms with Crippen molar-refractivity contribution in [1.82, 2.24) is 0 Å². The van der Waals surface area contributed by atoms with Crippen LogP contribution in [0.5, 0.6) is 17.2 Å². The summed E-state index contributed by atoms with van der Waals surface area (Å²) in [4.78, 5) is 39.7. The molecule has 0 unspecified atom stereocenters. The van der Waals surface area contributed by atoms with Crippen molar-refractivity contribution >= 4 is 55.1 Å². The zero-order valence-corrected chi connectivity index (χ0v) is 28.7. The largest absolute Gasteiger partial charge is 0.507 e. The fraction of sp³-hybridized carbons (Fsp3) is 0.410. The molecule has 5 aromatic carbocycles. The summed E-state index contributed by atoms with van der Waals surface area (Å²) in [5.41, 5.74) is 2.24. The summed E-state index contributed by atoms with van der Waals surface area (Å²) < 4.78 is 21.4. The fourth-order valence-corrected chi connectivity index (χ4v) is 7.63. The molecule has 1 aliphatic carbocycles. The van der Waals surface area contributed by atoms with E-state index in [2.05, 4.69) is 0 Å². The van der Waals surface area contributed by atoms with E-state index in [1.807, 2.05) is 13.0 Å². The van der Waals surface area contributed by atoms with E-state index < -0.39 is 24.1 Å². The lowest BCUT2D eigenvalue weighted by Gasteiger charge is -2.24. The third kappa shape index (κ3) is 6.42. The van der Waals surface area contributed by atoms with Gasteiger partial charge < -0.3 is 44.5 Å². The molecule has 0 aromatic heterocycles. The number of carbonyl (C=O) groups is 1. The minimum absolute atomic E-state index is 0.0114. The van der Waals surface area contributed by atoms with Gasteiger partial charge in [-0.3, -0.25) is 14.4 Å². The van der Waals surface area contributed by atoms with Gasteiger partial charge in [0.15, 0.2) is 22.4 Å². The van der Waals surface area contributed by atoms with Crippen molar-refractivity contribution in [2.24, 2.45) is 0 Å². The Hall–Kier alpha value is -4.59. The predicted molar refractivity (Wildman–Crippen MR) is 192 cm³/mol. The highest BCUT2D eigenvalue weighted by Gasteiger charge is 2.32. The first kappa shape index (κ1) is 36.2. The highest BCUT2D eigenvalue weighted by molar-refractivity contribution is 6.38. The molecular formula is C39H42O12. The van der Waals surface area contributed by atoms with Crippen LogP contribution in [0.1, 0.15) is 60.4 Å². The van der Waals surface area contributed by atoms with Crippen molar-refractivity contribution in [2.75, 3.05) is 46.8 Å². The van der Waals surface area contributed by atoms with E-state index in [9.17, 15) is 34.8 Å². The lowest BCUT2D eigenvalue weighted by Crippen LogP contribution is -2.13. The number of aliphatic hydroxyl groups excluding tert-OH is 3. The van der Waals surface area contributed by atoms with Gasteiger partial charge in [0.1, 0.15) is 12.4 Å². The molecule has 0 atom stereocenters. The van der Waals surface area contributed by atoms with Gasteiger partial charge in [0.05, 0.1) is 64.1 Å². The van der Waals surface area contributed by atoms with Crippen LogP contribution < -0.4 is 15.6 Å². The first-order valence-electron chi connectivity index (χ1n) is 17.1. The van der Waals surface area contributed by atoms with Crippen LogP contribution in [0, 0.1) is 0 Å². The maximum atomic E-state index is 13.8. The first-order valence-corrected chi connectivity index (χ1v) is 17.1. The zero-order chi connectivity index (χ0) is 36.4. The Morgan fingerprint density at radius 2 is 1.33 bits per heavy atom. The Morgan fingerprint density at radius 1 is 0.725 bits per heavy atom. The SMILES string of the molecule is COc1c(O)c2c(=O)cc(CO)c3c4c(CO)cc(=O)c5c(O)c(CCCCCC(=O)OCCOCCOCCO)c6c(c(c1CC(C)=C6)c23)c54. The van der Waals surface area contributed by atoms with Gasteiger partial charge in [-0.05, 0) is 83.0 Å². The predicted octanol–water partition coefficient (Wildman–Crippen LogP) is 3.93. The van der Waals surface area contributed by atoms with E-state index in [0.29, 0.717) is 94.3 Å². The minimum Gasteiger partial charge on any atom is -0.507 e. The quantitative estimate of drug-likeness (QED) is 0.0407. The van der Waals surface area contributed by atoms with E-state index in [1.165, 1.54) is 19.2 Å². The van der Waals surface area contributed by atoms with Crippen LogP contribution in [0.3, 0.4) is 0 Å². The van der Waals surface area contributed by atoms with Gasteiger partial charge in [0.25, 0.3) is 0 Å². The maximum absolute atomic E-state index is 13.8. The number of fused-ring (bicyclic) bond motifs is 1. The number of aliphatic hydroxyl groups is 3. The van der Waals surface area contributed by atoms with Gasteiger partial charge in [0, 0.05) is 28.3 Å². The van der Waals surface area contributed by atoms with Gasteiger partial charge in [-0.15, -0.1) is 0 Å². The number of hydrogen-bond acceptors (Lipinski definition) is 12. The Kier molecular flexibility index (Phi) is 10.9. The van der Waals surface area contributed by atoms with Crippen LogP contribution >= 0.6 is 0 Å². The standard InChI is InChI=1S/C39H42O12/c1-20-14-24-23(6-4-3-5-7-28(45)51-13-12-50-11-10-49-9-8-40)37(46)33-26(43)16-21(18-41)29-30-22(19-42)17-27(44)34-36(30)32(31(24)35(29)33)25(15-20)39(48-2)38(34)47/h14,16-17,40-42,46-47H,3-13,15,18-19H2,1-2H3. The van der Waals surface area contributed by atoms with E-state index in [-0.39, 0.29) is 78.0 Å². The average molecular weight is 703 g/mol. The van der Waals surface area contributed by atoms with Gasteiger partial charge in [0.2, 0.25) is 0 Å². The Labute approximate surface area is 292 Å². The molecule has 0 heterocycles. The van der Waals surface area contributed by atoms with Gasteiger partial charge in [-0.1, -0.05) is 18.1 Å². The van der Waals surface area contributed by atoms with Crippen LogP contribution in [-0.4, -0.2) is 78.3 Å². The van der Waals surface area contributed by atoms with Crippen molar-refractivity contribution in [3.8, 4) is 17.2 Å². The first-order chi connectivity index (χ1) is 24.7. The lowest BCUT2D eigenvalue weighted by atomic mass is 9.80. The number of aromatic hydroxyl groups is 2. The third-order valence-electron chi connectivity index (χ3n) is 9.69. The van der Waals surface area contributed by atoms with E-state index >= 15 is 0 Å². The number of esters is 1. The molecule has 12 heteroatoms. The molecule has 0 amide bonds. The number of hydrogen-bond donors (Lipinski definition) is 5. The summed E-state index contributed by atoms with van der Waals surface area (Å²) >= 11 is 0. The molecule has 1 aliphatic rings. The van der Waals surface area contributed by atoms with Crippen molar-refractivity contribution in [3.63, 3.8) is 0 Å². The van der Waals surface area contributed by atoms with Crippen LogP contribution in [0.15, 0.2) is 27.3 Å². The number of rotatable bonds is 17. The summed E-state index contributed by atoms with van der Waals surface area (Å²) in [6.07, 6.45) is 4.61. The second-order valence-corrected chi connectivity index (χ2v) is 12.9. The number of allylic oxidation sites excluding steroid dienone is 1. The van der Waals surface area contributed by atoms with Crippen molar-refractivity contribution in [2.45, 2.75) is 58.7 Å². The van der Waals surface area contributed by atoms with Crippen LogP contribution in [0.2, 0.25) is 0 Å². The van der Waals surface area contributed by atoms with Crippen LogP contribution in [0.25, 0.3) is 49.2 Å². The molecule has 0 radical (unpaired) electrons. The average Bonchev–Trinajstić information content (AvgIpc) is 3.26. The van der Waals surface area contributed by atoms with E-state index in [1.54, 1.807) is 0 Å². The smallest absolute Gasteiger partial charge is 0.305 e. The second kappa shape index (κ2) is 15.3. The summed E-state index contributed by atoms with van der Waals surface area (Å²) in [5, 5.41) is 56.1. The summed E-state index contributed by atoms with van der Waals surface area (Å²) in [6.45, 7) is 2.10. The summed E-state index contributed by atoms with van der Waals surface area (Å²) in [6, 6.07) is 2.53. The Morgan fingerprint density at radius 3 is 1.96 bits per heavy atom. The summed E-state index contributed by atoms with van der Waals surface area (Å²) in [7, 11) is 1.41. The molecule has 0 bridgehead atoms. The molecular weight excluding hydrogens is 660 g/mol.